The Kier molecular flexibility index (Phi) is 2.21. The van der Waals surface area contributed by atoms with E-state index in [1.165, 1.54) is 0 Å². The highest BCUT2D eigenvalue weighted by atomic mass is 79.9. The maximum atomic E-state index is 4.54. The quantitative estimate of drug-likeness (QED) is 0.779. The van der Waals surface area contributed by atoms with Crippen molar-refractivity contribution >= 4 is 44.0 Å². The zero-order chi connectivity index (χ0) is 10.3. The van der Waals surface area contributed by atoms with Crippen LogP contribution in [0.4, 0.5) is 0 Å². The van der Waals surface area contributed by atoms with E-state index in [1.54, 1.807) is 18.0 Å². The predicted octanol–water partition coefficient (Wildman–Crippen LogP) is 2.71. The van der Waals surface area contributed by atoms with Crippen molar-refractivity contribution in [2.24, 2.45) is 15.2 Å². The molecule has 0 unspecified atom stereocenters. The lowest BCUT2D eigenvalue weighted by Gasteiger charge is -1.99. The predicted molar refractivity (Wildman–Crippen MR) is 68.0 cm³/mol. The van der Waals surface area contributed by atoms with Gasteiger partial charge in [0.25, 0.3) is 0 Å². The highest BCUT2D eigenvalue weighted by Crippen LogP contribution is 2.28. The van der Waals surface area contributed by atoms with Crippen molar-refractivity contribution in [3.05, 3.63) is 34.3 Å². The monoisotopic (exact) mass is 279 g/mol. The van der Waals surface area contributed by atoms with Gasteiger partial charge in [0.05, 0.1) is 6.21 Å². The molecule has 1 aromatic rings. The highest BCUT2D eigenvalue weighted by Gasteiger charge is 2.28. The Morgan fingerprint density at radius 3 is 3.07 bits per heavy atom. The summed E-state index contributed by atoms with van der Waals surface area (Å²) in [4.78, 5) is 4.54. The van der Waals surface area contributed by atoms with E-state index >= 15 is 0 Å². The van der Waals surface area contributed by atoms with Gasteiger partial charge >= 0.3 is 0 Å². The van der Waals surface area contributed by atoms with Crippen molar-refractivity contribution in [1.82, 2.24) is 0 Å². The van der Waals surface area contributed by atoms with Crippen LogP contribution in [0, 0.1) is 0 Å². The van der Waals surface area contributed by atoms with E-state index < -0.39 is 0 Å². The van der Waals surface area contributed by atoms with E-state index in [-0.39, 0.29) is 6.04 Å². The van der Waals surface area contributed by atoms with Crippen LogP contribution < -0.4 is 0 Å². The first kappa shape index (κ1) is 9.30. The van der Waals surface area contributed by atoms with Gasteiger partial charge in [-0.3, -0.25) is 4.99 Å². The van der Waals surface area contributed by atoms with Crippen molar-refractivity contribution in [3.8, 4) is 0 Å². The summed E-state index contributed by atoms with van der Waals surface area (Å²) in [7, 11) is 0. The Balaban J connectivity index is 1.97. The molecule has 1 aromatic carbocycles. The van der Waals surface area contributed by atoms with E-state index in [1.807, 2.05) is 12.1 Å². The van der Waals surface area contributed by atoms with Crippen LogP contribution in [-0.4, -0.2) is 22.3 Å². The fourth-order valence-electron chi connectivity index (χ4n) is 1.45. The summed E-state index contributed by atoms with van der Waals surface area (Å²) >= 11 is 5.05. The van der Waals surface area contributed by atoms with Crippen LogP contribution in [0.15, 0.2) is 43.9 Å². The summed E-state index contributed by atoms with van der Waals surface area (Å²) in [5.41, 5.74) is 1.12. The molecule has 0 radical (unpaired) electrons. The molecule has 1 atom stereocenters. The minimum Gasteiger partial charge on any atom is -0.261 e. The van der Waals surface area contributed by atoms with Gasteiger partial charge in [-0.05, 0) is 23.9 Å². The average molecular weight is 280 g/mol. The molecule has 3 nitrogen and oxygen atoms in total. The van der Waals surface area contributed by atoms with Crippen LogP contribution in [0.1, 0.15) is 5.56 Å². The van der Waals surface area contributed by atoms with E-state index in [0.717, 1.165) is 20.1 Å². The first-order chi connectivity index (χ1) is 7.33. The zero-order valence-corrected chi connectivity index (χ0v) is 9.99. The molecule has 74 valence electrons. The molecule has 0 saturated heterocycles. The van der Waals surface area contributed by atoms with Gasteiger partial charge in [-0.25, -0.2) is 0 Å². The van der Waals surface area contributed by atoms with Crippen molar-refractivity contribution in [2.75, 3.05) is 0 Å². The lowest BCUT2D eigenvalue weighted by Crippen LogP contribution is -2.06. The van der Waals surface area contributed by atoms with Crippen LogP contribution in [0.3, 0.4) is 0 Å². The van der Waals surface area contributed by atoms with Gasteiger partial charge in [0, 0.05) is 10.0 Å². The summed E-state index contributed by atoms with van der Waals surface area (Å²) in [5, 5.41) is 9.85. The van der Waals surface area contributed by atoms with Gasteiger partial charge in [0.2, 0.25) is 0 Å². The average Bonchev–Trinajstić information content (AvgIpc) is 2.76. The highest BCUT2D eigenvalue weighted by molar-refractivity contribution is 9.10. The standard InChI is InChI=1S/C10H6BrN3S/c11-7-3-1-2-6(4-7)9-13-8-5-12-14-10(8)15-9/h1-5,8H/t8-/m1/s1. The first-order valence-corrected chi connectivity index (χ1v) is 6.06. The third kappa shape index (κ3) is 1.66. The molecule has 0 N–H and O–H groups in total. The molecule has 0 aliphatic carbocycles. The number of thioether (sulfide) groups is 1. The second-order valence-electron chi connectivity index (χ2n) is 3.19. The molecule has 0 aromatic heterocycles. The number of hydrogen-bond acceptors (Lipinski definition) is 4. The lowest BCUT2D eigenvalue weighted by atomic mass is 10.2. The van der Waals surface area contributed by atoms with Crippen LogP contribution in [0.2, 0.25) is 0 Å². The number of fused-ring (bicyclic) bond motifs is 1. The topological polar surface area (TPSA) is 37.1 Å². The Labute approximate surface area is 99.5 Å². The Morgan fingerprint density at radius 1 is 1.33 bits per heavy atom. The largest absolute Gasteiger partial charge is 0.261 e. The molecule has 2 heterocycles. The second-order valence-corrected chi connectivity index (χ2v) is 5.12. The minimum atomic E-state index is 0.0592. The van der Waals surface area contributed by atoms with Gasteiger partial charge in [-0.15, -0.1) is 5.10 Å². The SMILES string of the molecule is Brc1cccc(C2=N[C@@H]3C=NN=C3S2)c1. The van der Waals surface area contributed by atoms with Crippen LogP contribution in [0.5, 0.6) is 0 Å². The lowest BCUT2D eigenvalue weighted by molar-refractivity contribution is 1.22. The van der Waals surface area contributed by atoms with Gasteiger partial charge in [0.15, 0.2) is 0 Å². The van der Waals surface area contributed by atoms with Crippen molar-refractivity contribution in [2.45, 2.75) is 6.04 Å². The molecule has 0 spiro atoms. The molecule has 0 amide bonds. The third-order valence-corrected chi connectivity index (χ3v) is 3.71. The fraction of sp³-hybridized carbons (Fsp3) is 0.100. The van der Waals surface area contributed by atoms with E-state index in [4.69, 9.17) is 0 Å². The molecular formula is C10H6BrN3S. The molecule has 15 heavy (non-hydrogen) atoms. The molecule has 0 fully saturated rings. The summed E-state index contributed by atoms with van der Waals surface area (Å²) < 4.78 is 1.07. The molecule has 0 saturated carbocycles. The number of aliphatic imine (C=N–C) groups is 1. The van der Waals surface area contributed by atoms with Gasteiger partial charge in [0.1, 0.15) is 16.1 Å². The van der Waals surface area contributed by atoms with E-state index in [2.05, 4.69) is 43.3 Å². The van der Waals surface area contributed by atoms with E-state index in [0.29, 0.717) is 0 Å². The van der Waals surface area contributed by atoms with Gasteiger partial charge < -0.3 is 0 Å². The zero-order valence-electron chi connectivity index (χ0n) is 7.59. The number of hydrogen-bond donors (Lipinski definition) is 0. The van der Waals surface area contributed by atoms with Crippen molar-refractivity contribution < 1.29 is 0 Å². The number of nitrogens with zero attached hydrogens (tertiary/aromatic N) is 3. The van der Waals surface area contributed by atoms with Crippen molar-refractivity contribution in [3.63, 3.8) is 0 Å². The fourth-order valence-corrected chi connectivity index (χ4v) is 2.78. The summed E-state index contributed by atoms with van der Waals surface area (Å²) in [5.74, 6) is 0. The maximum absolute atomic E-state index is 4.54. The van der Waals surface area contributed by atoms with E-state index in [9.17, 15) is 0 Å². The Bertz CT molecular complexity index is 507. The molecule has 2 aliphatic rings. The van der Waals surface area contributed by atoms with Crippen LogP contribution in [-0.2, 0) is 0 Å². The Morgan fingerprint density at radius 2 is 2.27 bits per heavy atom. The van der Waals surface area contributed by atoms with Crippen molar-refractivity contribution in [1.29, 1.82) is 0 Å². The second kappa shape index (κ2) is 3.57. The summed E-state index contributed by atoms with van der Waals surface area (Å²) in [6.07, 6.45) is 1.77. The minimum absolute atomic E-state index is 0.0592. The number of rotatable bonds is 1. The third-order valence-electron chi connectivity index (χ3n) is 2.15. The van der Waals surface area contributed by atoms with Crippen LogP contribution >= 0.6 is 27.7 Å². The summed E-state index contributed by atoms with van der Waals surface area (Å²) in [6, 6.07) is 8.18. The normalized spacial score (nSPS) is 22.6. The Hall–Kier alpha value is -0.940. The van der Waals surface area contributed by atoms with Gasteiger partial charge in [-0.2, -0.15) is 5.10 Å². The maximum Gasteiger partial charge on any atom is 0.138 e. The first-order valence-electron chi connectivity index (χ1n) is 4.45. The van der Waals surface area contributed by atoms with Crippen LogP contribution in [0.25, 0.3) is 0 Å². The number of halogens is 1. The molecule has 2 aliphatic heterocycles. The molecule has 3 rings (SSSR count). The molecule has 0 bridgehead atoms. The molecular weight excluding hydrogens is 274 g/mol. The smallest absolute Gasteiger partial charge is 0.138 e. The summed E-state index contributed by atoms with van der Waals surface area (Å²) in [6.45, 7) is 0. The molecule has 5 heteroatoms. The van der Waals surface area contributed by atoms with Gasteiger partial charge in [-0.1, -0.05) is 28.1 Å². The number of benzene rings is 1.